The van der Waals surface area contributed by atoms with E-state index in [0.717, 1.165) is 19.4 Å². The van der Waals surface area contributed by atoms with Gasteiger partial charge in [0.15, 0.2) is 0 Å². The molecule has 110 valence electrons. The van der Waals surface area contributed by atoms with Crippen molar-refractivity contribution < 1.29 is 4.79 Å². The van der Waals surface area contributed by atoms with Gasteiger partial charge in [0, 0.05) is 19.1 Å². The highest BCUT2D eigenvalue weighted by atomic mass is 16.1. The van der Waals surface area contributed by atoms with Crippen molar-refractivity contribution in [2.45, 2.75) is 24.8 Å². The Balaban J connectivity index is 2.25. The topological polar surface area (TPSA) is 88.5 Å². The molecule has 6 heteroatoms. The second-order valence-electron chi connectivity index (χ2n) is 5.83. The Bertz CT molecular complexity index is 510. The van der Waals surface area contributed by atoms with Crippen molar-refractivity contribution in [2.24, 2.45) is 5.73 Å². The lowest BCUT2D eigenvalue weighted by Crippen LogP contribution is -2.57. The van der Waals surface area contributed by atoms with Gasteiger partial charge in [0.25, 0.3) is 5.91 Å². The molecule has 1 heterocycles. The molecule has 20 heavy (non-hydrogen) atoms. The fourth-order valence-electron chi connectivity index (χ4n) is 2.81. The second-order valence-corrected chi connectivity index (χ2v) is 5.83. The van der Waals surface area contributed by atoms with E-state index in [2.05, 4.69) is 24.0 Å². The summed E-state index contributed by atoms with van der Waals surface area (Å²) >= 11 is 0. The van der Waals surface area contributed by atoms with Crippen LogP contribution in [0.5, 0.6) is 0 Å². The van der Waals surface area contributed by atoms with Crippen LogP contribution in [0.25, 0.3) is 0 Å². The summed E-state index contributed by atoms with van der Waals surface area (Å²) in [4.78, 5) is 20.1. The summed E-state index contributed by atoms with van der Waals surface area (Å²) < 4.78 is 0. The molecule has 0 spiro atoms. The van der Waals surface area contributed by atoms with Crippen LogP contribution in [-0.2, 0) is 0 Å². The lowest BCUT2D eigenvalue weighted by molar-refractivity contribution is 0.0681. The molecule has 1 aromatic rings. The molecule has 0 bridgehead atoms. The maximum atomic E-state index is 11.6. The quantitative estimate of drug-likeness (QED) is 0.826. The van der Waals surface area contributed by atoms with Crippen molar-refractivity contribution in [1.82, 2.24) is 9.88 Å². The molecule has 0 radical (unpaired) electrons. The summed E-state index contributed by atoms with van der Waals surface area (Å²) in [6.45, 7) is 0.817. The molecule has 1 fully saturated rings. The number of carbonyl (C=O) groups is 1. The number of likely N-dealkylation sites (N-methyl/N-ethyl adjacent to an activating group) is 2. The number of nitrogen functional groups attached to an aromatic ring is 1. The molecule has 0 atom stereocenters. The number of carbonyl (C=O) groups excluding carboxylic acids is 1. The second kappa shape index (κ2) is 5.28. The Kier molecular flexibility index (Phi) is 3.85. The van der Waals surface area contributed by atoms with E-state index in [0.29, 0.717) is 17.1 Å². The number of nitrogens with two attached hydrogens (primary N) is 2. The van der Waals surface area contributed by atoms with E-state index in [1.807, 2.05) is 11.9 Å². The molecule has 6 nitrogen and oxygen atoms in total. The molecule has 1 aromatic heterocycles. The molecule has 1 amide bonds. The number of hydrogen-bond donors (Lipinski definition) is 2. The fourth-order valence-corrected chi connectivity index (χ4v) is 2.81. The molecule has 0 saturated heterocycles. The minimum absolute atomic E-state index is 0.159. The van der Waals surface area contributed by atoms with Crippen LogP contribution in [-0.4, -0.2) is 49.0 Å². The highest BCUT2D eigenvalue weighted by Gasteiger charge is 2.40. The molecular weight excluding hydrogens is 254 g/mol. The van der Waals surface area contributed by atoms with Gasteiger partial charge in [0.05, 0.1) is 17.4 Å². The van der Waals surface area contributed by atoms with E-state index < -0.39 is 5.91 Å². The molecule has 0 unspecified atom stereocenters. The average Bonchev–Trinajstić information content (AvgIpc) is 2.32. The lowest BCUT2D eigenvalue weighted by atomic mass is 9.75. The third-order valence-corrected chi connectivity index (χ3v) is 4.28. The van der Waals surface area contributed by atoms with Gasteiger partial charge in [0.1, 0.15) is 5.82 Å². The average molecular weight is 277 g/mol. The van der Waals surface area contributed by atoms with Gasteiger partial charge in [-0.05, 0) is 39.4 Å². The van der Waals surface area contributed by atoms with Gasteiger partial charge in [-0.2, -0.15) is 0 Å². The first-order valence-electron chi connectivity index (χ1n) is 6.80. The smallest absolute Gasteiger partial charge is 0.252 e. The zero-order chi connectivity index (χ0) is 14.9. The molecule has 2 rings (SSSR count). The Hall–Kier alpha value is -1.82. The number of rotatable bonds is 5. The maximum absolute atomic E-state index is 11.6. The van der Waals surface area contributed by atoms with Gasteiger partial charge in [-0.3, -0.25) is 4.79 Å². The van der Waals surface area contributed by atoms with E-state index in [1.165, 1.54) is 6.42 Å². The first-order chi connectivity index (χ1) is 9.35. The van der Waals surface area contributed by atoms with E-state index in [9.17, 15) is 4.79 Å². The number of hydrogen-bond acceptors (Lipinski definition) is 5. The first-order valence-corrected chi connectivity index (χ1v) is 6.80. The number of aromatic nitrogens is 1. The van der Waals surface area contributed by atoms with Crippen LogP contribution in [0.2, 0.25) is 0 Å². The summed E-state index contributed by atoms with van der Waals surface area (Å²) in [5.74, 6) is 0.0963. The number of primary amides is 1. The Labute approximate surface area is 119 Å². The Morgan fingerprint density at radius 2 is 2.05 bits per heavy atom. The molecule has 0 aliphatic heterocycles. The van der Waals surface area contributed by atoms with E-state index in [1.54, 1.807) is 12.3 Å². The van der Waals surface area contributed by atoms with Crippen molar-refractivity contribution in [3.05, 3.63) is 17.8 Å². The van der Waals surface area contributed by atoms with Crippen LogP contribution >= 0.6 is 0 Å². The summed E-state index contributed by atoms with van der Waals surface area (Å²) in [7, 11) is 6.13. The highest BCUT2D eigenvalue weighted by molar-refractivity contribution is 5.98. The van der Waals surface area contributed by atoms with Crippen LogP contribution in [0.3, 0.4) is 0 Å². The van der Waals surface area contributed by atoms with Crippen LogP contribution in [0.4, 0.5) is 11.5 Å². The van der Waals surface area contributed by atoms with Crippen molar-refractivity contribution in [3.8, 4) is 0 Å². The number of amides is 1. The van der Waals surface area contributed by atoms with Crippen molar-refractivity contribution in [2.75, 3.05) is 38.3 Å². The van der Waals surface area contributed by atoms with Gasteiger partial charge >= 0.3 is 0 Å². The number of anilines is 2. The Morgan fingerprint density at radius 3 is 2.50 bits per heavy atom. The maximum Gasteiger partial charge on any atom is 0.252 e. The highest BCUT2D eigenvalue weighted by Crippen LogP contribution is 2.37. The van der Waals surface area contributed by atoms with E-state index >= 15 is 0 Å². The Morgan fingerprint density at radius 1 is 1.40 bits per heavy atom. The van der Waals surface area contributed by atoms with Crippen molar-refractivity contribution in [3.63, 3.8) is 0 Å². The van der Waals surface area contributed by atoms with Gasteiger partial charge < -0.3 is 21.3 Å². The van der Waals surface area contributed by atoms with Crippen LogP contribution in [0.1, 0.15) is 29.6 Å². The molecule has 0 aromatic carbocycles. The zero-order valence-electron chi connectivity index (χ0n) is 12.4. The molecular formula is C14H23N5O. The monoisotopic (exact) mass is 277 g/mol. The molecule has 1 aliphatic carbocycles. The minimum Gasteiger partial charge on any atom is -0.397 e. The third-order valence-electron chi connectivity index (χ3n) is 4.28. The lowest BCUT2D eigenvalue weighted by Gasteiger charge is -2.49. The first kappa shape index (κ1) is 14.6. The molecule has 1 saturated carbocycles. The largest absolute Gasteiger partial charge is 0.397 e. The summed E-state index contributed by atoms with van der Waals surface area (Å²) in [5.41, 5.74) is 12.1. The molecule has 1 aliphatic rings. The van der Waals surface area contributed by atoms with E-state index in [4.69, 9.17) is 11.5 Å². The van der Waals surface area contributed by atoms with Crippen molar-refractivity contribution in [1.29, 1.82) is 0 Å². The normalized spacial score (nSPS) is 16.8. The zero-order valence-corrected chi connectivity index (χ0v) is 12.4. The number of pyridine rings is 1. The fraction of sp³-hybridized carbons (Fsp3) is 0.571. The minimum atomic E-state index is -0.501. The standard InChI is InChI=1S/C14H23N5O/c1-18(2)14(5-4-6-14)9-19(3)13-11(12(16)20)7-10(15)8-17-13/h7-8H,4-6,9,15H2,1-3H3,(H2,16,20). The van der Waals surface area contributed by atoms with Gasteiger partial charge in [-0.1, -0.05) is 0 Å². The van der Waals surface area contributed by atoms with Gasteiger partial charge in [-0.25, -0.2) is 4.98 Å². The van der Waals surface area contributed by atoms with Crippen LogP contribution in [0.15, 0.2) is 12.3 Å². The van der Waals surface area contributed by atoms with E-state index in [-0.39, 0.29) is 5.54 Å². The SMILES string of the molecule is CN(CC1(N(C)C)CCC1)c1ncc(N)cc1C(N)=O. The molecule has 4 N–H and O–H groups in total. The summed E-state index contributed by atoms with van der Waals surface area (Å²) in [5, 5.41) is 0. The summed E-state index contributed by atoms with van der Waals surface area (Å²) in [6.07, 6.45) is 5.11. The van der Waals surface area contributed by atoms with Crippen LogP contribution in [0, 0.1) is 0 Å². The predicted octanol–water partition coefficient (Wildman–Crippen LogP) is 0.683. The van der Waals surface area contributed by atoms with Crippen LogP contribution < -0.4 is 16.4 Å². The predicted molar refractivity (Wildman–Crippen MR) is 80.7 cm³/mol. The third kappa shape index (κ3) is 2.56. The van der Waals surface area contributed by atoms with Gasteiger partial charge in [-0.15, -0.1) is 0 Å². The number of nitrogens with zero attached hydrogens (tertiary/aromatic N) is 3. The van der Waals surface area contributed by atoms with Crippen molar-refractivity contribution >= 4 is 17.4 Å². The summed E-state index contributed by atoms with van der Waals surface area (Å²) in [6, 6.07) is 1.59. The van der Waals surface area contributed by atoms with Gasteiger partial charge in [0.2, 0.25) is 0 Å².